The molecule has 0 atom stereocenters. The monoisotopic (exact) mass is 200 g/mol. The topological polar surface area (TPSA) is 24.5 Å². The van der Waals surface area contributed by atoms with E-state index >= 15 is 0 Å². The van der Waals surface area contributed by atoms with Crippen LogP contribution < -0.4 is 5.32 Å². The maximum absolute atomic E-state index is 5.37. The van der Waals surface area contributed by atoms with Crippen molar-refractivity contribution in [3.8, 4) is 0 Å². The van der Waals surface area contributed by atoms with Gasteiger partial charge in [0.15, 0.2) is 5.11 Å². The summed E-state index contributed by atoms with van der Waals surface area (Å²) < 4.78 is 5.37. The molecule has 2 aliphatic rings. The number of nitrogens with one attached hydrogen (secondary N) is 1. The maximum atomic E-state index is 5.37. The van der Waals surface area contributed by atoms with E-state index < -0.39 is 0 Å². The van der Waals surface area contributed by atoms with Gasteiger partial charge in [-0.05, 0) is 31.5 Å². The van der Waals surface area contributed by atoms with E-state index in [4.69, 9.17) is 17.0 Å². The molecule has 3 nitrogen and oxygen atoms in total. The summed E-state index contributed by atoms with van der Waals surface area (Å²) in [5, 5.41) is 4.28. The molecule has 2 fully saturated rings. The Balaban J connectivity index is 1.78. The molecule has 1 N–H and O–H groups in total. The molecule has 1 saturated carbocycles. The summed E-state index contributed by atoms with van der Waals surface area (Å²) in [5.41, 5.74) is 0. The molecule has 74 valence electrons. The van der Waals surface area contributed by atoms with Crippen LogP contribution in [-0.4, -0.2) is 42.4 Å². The minimum absolute atomic E-state index is 0.664. The van der Waals surface area contributed by atoms with E-state index in [0.717, 1.165) is 37.8 Å². The number of nitrogens with zero attached hydrogens (tertiary/aromatic N) is 1. The van der Waals surface area contributed by atoms with Crippen molar-refractivity contribution in [2.24, 2.45) is 0 Å². The first-order chi connectivity index (χ1) is 6.36. The molecule has 0 radical (unpaired) electrons. The molecule has 13 heavy (non-hydrogen) atoms. The number of rotatable bonds is 1. The summed E-state index contributed by atoms with van der Waals surface area (Å²) in [6.45, 7) is 3.67. The van der Waals surface area contributed by atoms with E-state index in [2.05, 4.69) is 10.2 Å². The van der Waals surface area contributed by atoms with Gasteiger partial charge in [-0.3, -0.25) is 0 Å². The number of hydrogen-bond donors (Lipinski definition) is 1. The van der Waals surface area contributed by atoms with Crippen molar-refractivity contribution in [2.45, 2.75) is 25.3 Å². The Labute approximate surface area is 84.4 Å². The summed E-state index contributed by atoms with van der Waals surface area (Å²) in [5.74, 6) is 0. The predicted molar refractivity (Wildman–Crippen MR) is 55.8 cm³/mol. The fourth-order valence-corrected chi connectivity index (χ4v) is 1.79. The molecule has 4 heteroatoms. The zero-order chi connectivity index (χ0) is 9.10. The normalized spacial score (nSPS) is 23.8. The van der Waals surface area contributed by atoms with Crippen molar-refractivity contribution in [1.82, 2.24) is 10.2 Å². The fraction of sp³-hybridized carbons (Fsp3) is 0.889. The number of hydrogen-bond acceptors (Lipinski definition) is 2. The molecule has 2 rings (SSSR count). The Morgan fingerprint density at radius 3 is 2.92 bits per heavy atom. The van der Waals surface area contributed by atoms with Crippen LogP contribution in [0.3, 0.4) is 0 Å². The van der Waals surface area contributed by atoms with Crippen LogP contribution in [0.2, 0.25) is 0 Å². The second kappa shape index (κ2) is 4.24. The first-order valence-corrected chi connectivity index (χ1v) is 5.40. The van der Waals surface area contributed by atoms with Gasteiger partial charge in [0.25, 0.3) is 0 Å². The fourth-order valence-electron chi connectivity index (χ4n) is 1.44. The maximum Gasteiger partial charge on any atom is 0.169 e. The third kappa shape index (κ3) is 2.81. The van der Waals surface area contributed by atoms with E-state index in [1.165, 1.54) is 12.8 Å². The molecule has 0 aromatic heterocycles. The van der Waals surface area contributed by atoms with Crippen LogP contribution in [0, 0.1) is 0 Å². The van der Waals surface area contributed by atoms with Gasteiger partial charge in [0, 0.05) is 25.7 Å². The number of ether oxygens (including phenoxy) is 1. The highest BCUT2D eigenvalue weighted by atomic mass is 32.1. The lowest BCUT2D eigenvalue weighted by Crippen LogP contribution is -2.41. The predicted octanol–water partition coefficient (Wildman–Crippen LogP) is 0.746. The average molecular weight is 200 g/mol. The third-order valence-corrected chi connectivity index (χ3v) is 2.79. The van der Waals surface area contributed by atoms with Crippen LogP contribution in [0.5, 0.6) is 0 Å². The molecule has 0 amide bonds. The summed E-state index contributed by atoms with van der Waals surface area (Å²) in [6, 6.07) is 0.664. The zero-order valence-corrected chi connectivity index (χ0v) is 8.61. The lowest BCUT2D eigenvalue weighted by Gasteiger charge is -2.23. The molecule has 1 aliphatic carbocycles. The van der Waals surface area contributed by atoms with E-state index in [0.29, 0.717) is 6.04 Å². The van der Waals surface area contributed by atoms with E-state index in [1.54, 1.807) is 0 Å². The van der Waals surface area contributed by atoms with Crippen molar-refractivity contribution >= 4 is 17.3 Å². The molecule has 0 spiro atoms. The Kier molecular flexibility index (Phi) is 3.01. The van der Waals surface area contributed by atoms with Gasteiger partial charge >= 0.3 is 0 Å². The molecular weight excluding hydrogens is 184 g/mol. The van der Waals surface area contributed by atoms with Crippen LogP contribution in [-0.2, 0) is 4.74 Å². The Bertz CT molecular complexity index is 186. The van der Waals surface area contributed by atoms with E-state index in [-0.39, 0.29) is 0 Å². The molecule has 0 unspecified atom stereocenters. The molecule has 1 heterocycles. The molecule has 1 saturated heterocycles. The van der Waals surface area contributed by atoms with Crippen molar-refractivity contribution in [3.63, 3.8) is 0 Å². The second-order valence-electron chi connectivity index (χ2n) is 3.68. The van der Waals surface area contributed by atoms with Gasteiger partial charge in [0.2, 0.25) is 0 Å². The van der Waals surface area contributed by atoms with Crippen LogP contribution in [0.15, 0.2) is 0 Å². The quantitative estimate of drug-likeness (QED) is 0.631. The molecule has 0 bridgehead atoms. The second-order valence-corrected chi connectivity index (χ2v) is 4.06. The number of thiocarbonyl (C=S) groups is 1. The summed E-state index contributed by atoms with van der Waals surface area (Å²) in [7, 11) is 0. The van der Waals surface area contributed by atoms with Gasteiger partial charge < -0.3 is 15.0 Å². The smallest absolute Gasteiger partial charge is 0.169 e. The lowest BCUT2D eigenvalue weighted by molar-refractivity contribution is 0.147. The summed E-state index contributed by atoms with van der Waals surface area (Å²) >= 11 is 5.31. The van der Waals surface area contributed by atoms with Crippen molar-refractivity contribution in [1.29, 1.82) is 0 Å². The minimum atomic E-state index is 0.664. The Morgan fingerprint density at radius 2 is 2.15 bits per heavy atom. The summed E-state index contributed by atoms with van der Waals surface area (Å²) in [4.78, 5) is 2.22. The lowest BCUT2D eigenvalue weighted by atomic mass is 10.4. The molecule has 0 aromatic rings. The first kappa shape index (κ1) is 9.21. The van der Waals surface area contributed by atoms with Crippen molar-refractivity contribution in [3.05, 3.63) is 0 Å². The highest BCUT2D eigenvalue weighted by Crippen LogP contribution is 2.19. The minimum Gasteiger partial charge on any atom is -0.380 e. The van der Waals surface area contributed by atoms with Gasteiger partial charge in [-0.2, -0.15) is 0 Å². The van der Waals surface area contributed by atoms with Crippen molar-refractivity contribution in [2.75, 3.05) is 26.3 Å². The molecule has 1 aliphatic heterocycles. The van der Waals surface area contributed by atoms with Gasteiger partial charge in [0.1, 0.15) is 0 Å². The standard InChI is InChI=1S/C9H16N2OS/c13-9(10-8-2-3-8)11-4-1-6-12-7-5-11/h8H,1-7H2,(H,10,13). The van der Waals surface area contributed by atoms with Crippen LogP contribution in [0.25, 0.3) is 0 Å². The first-order valence-electron chi connectivity index (χ1n) is 4.99. The highest BCUT2D eigenvalue weighted by Gasteiger charge is 2.23. The van der Waals surface area contributed by atoms with Gasteiger partial charge in [0.05, 0.1) is 6.61 Å². The largest absolute Gasteiger partial charge is 0.380 e. The zero-order valence-electron chi connectivity index (χ0n) is 7.79. The van der Waals surface area contributed by atoms with Crippen molar-refractivity contribution < 1.29 is 4.74 Å². The average Bonchev–Trinajstić information content (AvgIpc) is 2.87. The van der Waals surface area contributed by atoms with E-state index in [1.807, 2.05) is 0 Å². The van der Waals surface area contributed by atoms with Crippen LogP contribution >= 0.6 is 12.2 Å². The molecular formula is C9H16N2OS. The Morgan fingerprint density at radius 1 is 1.31 bits per heavy atom. The highest BCUT2D eigenvalue weighted by molar-refractivity contribution is 7.80. The third-order valence-electron chi connectivity index (χ3n) is 2.41. The Hall–Kier alpha value is -0.350. The summed E-state index contributed by atoms with van der Waals surface area (Å²) in [6.07, 6.45) is 3.65. The van der Waals surface area contributed by atoms with Gasteiger partial charge in [-0.25, -0.2) is 0 Å². The SMILES string of the molecule is S=C(NC1CC1)N1CCCOCC1. The van der Waals surface area contributed by atoms with E-state index in [9.17, 15) is 0 Å². The van der Waals surface area contributed by atoms with Crippen LogP contribution in [0.1, 0.15) is 19.3 Å². The van der Waals surface area contributed by atoms with Gasteiger partial charge in [-0.15, -0.1) is 0 Å². The molecule has 0 aromatic carbocycles. The van der Waals surface area contributed by atoms with Crippen LogP contribution in [0.4, 0.5) is 0 Å². The van der Waals surface area contributed by atoms with Gasteiger partial charge in [-0.1, -0.05) is 0 Å².